The second-order valence-electron chi connectivity index (χ2n) is 6.77. The van der Waals surface area contributed by atoms with Crippen LogP contribution in [0.1, 0.15) is 46.9 Å². The fourth-order valence-corrected chi connectivity index (χ4v) is 3.76. The molecule has 1 amide bonds. The number of pyridine rings is 2. The van der Waals surface area contributed by atoms with Crippen LogP contribution in [0.5, 0.6) is 0 Å². The van der Waals surface area contributed by atoms with Crippen LogP contribution in [0.15, 0.2) is 48.8 Å². The molecule has 1 aliphatic heterocycles. The van der Waals surface area contributed by atoms with E-state index in [0.29, 0.717) is 28.7 Å². The number of benzene rings is 1. The highest BCUT2D eigenvalue weighted by atomic mass is 19.1. The minimum absolute atomic E-state index is 0.0221. The Bertz CT molecular complexity index is 953. The highest BCUT2D eigenvalue weighted by Crippen LogP contribution is 2.33. The molecule has 2 aromatic heterocycles. The summed E-state index contributed by atoms with van der Waals surface area (Å²) in [5.41, 5.74) is 2.87. The van der Waals surface area contributed by atoms with Gasteiger partial charge in [-0.2, -0.15) is 0 Å². The number of piperidine rings is 1. The van der Waals surface area contributed by atoms with E-state index in [-0.39, 0.29) is 17.8 Å². The normalized spacial score (nSPS) is 17.5. The monoisotopic (exact) mass is 349 g/mol. The van der Waals surface area contributed by atoms with Gasteiger partial charge in [0.05, 0.1) is 17.1 Å². The van der Waals surface area contributed by atoms with E-state index in [2.05, 4.69) is 9.97 Å². The van der Waals surface area contributed by atoms with E-state index in [4.69, 9.17) is 0 Å². The Morgan fingerprint density at radius 3 is 2.92 bits per heavy atom. The van der Waals surface area contributed by atoms with Gasteiger partial charge in [-0.3, -0.25) is 14.8 Å². The average Bonchev–Trinajstić information content (AvgIpc) is 2.67. The molecule has 26 heavy (non-hydrogen) atoms. The number of aromatic nitrogens is 2. The number of carbonyl (C=O) groups excluding carboxylic acids is 1. The zero-order valence-electron chi connectivity index (χ0n) is 14.7. The third-order valence-electron chi connectivity index (χ3n) is 4.96. The highest BCUT2D eigenvalue weighted by Gasteiger charge is 2.30. The molecule has 0 N–H and O–H groups in total. The van der Waals surface area contributed by atoms with Gasteiger partial charge in [-0.1, -0.05) is 6.07 Å². The first kappa shape index (κ1) is 16.6. The molecule has 0 spiro atoms. The van der Waals surface area contributed by atoms with Gasteiger partial charge in [0.1, 0.15) is 5.82 Å². The van der Waals surface area contributed by atoms with Gasteiger partial charge in [-0.05, 0) is 56.0 Å². The Kier molecular flexibility index (Phi) is 4.37. The van der Waals surface area contributed by atoms with Crippen molar-refractivity contribution in [2.24, 2.45) is 0 Å². The molecule has 0 radical (unpaired) electrons. The number of likely N-dealkylation sites (tertiary alicyclic amines) is 1. The molecule has 0 saturated carbocycles. The summed E-state index contributed by atoms with van der Waals surface area (Å²) < 4.78 is 13.6. The summed E-state index contributed by atoms with van der Waals surface area (Å²) in [4.78, 5) is 23.9. The molecule has 0 unspecified atom stereocenters. The number of halogens is 1. The lowest BCUT2D eigenvalue weighted by atomic mass is 9.95. The second-order valence-corrected chi connectivity index (χ2v) is 6.77. The molecule has 0 bridgehead atoms. The SMILES string of the molecule is Cc1cc(C(=O)N2CCCC[C@@H]2c2cccnc2)c2ccc(F)cc2n1. The van der Waals surface area contributed by atoms with E-state index in [9.17, 15) is 9.18 Å². The van der Waals surface area contributed by atoms with Crippen molar-refractivity contribution in [3.05, 3.63) is 71.4 Å². The van der Waals surface area contributed by atoms with E-state index in [0.717, 1.165) is 24.8 Å². The zero-order valence-corrected chi connectivity index (χ0v) is 14.7. The summed E-state index contributed by atoms with van der Waals surface area (Å²) >= 11 is 0. The number of hydrogen-bond donors (Lipinski definition) is 0. The highest BCUT2D eigenvalue weighted by molar-refractivity contribution is 6.06. The molecule has 3 heterocycles. The minimum atomic E-state index is -0.347. The molecule has 132 valence electrons. The molecular formula is C21H20FN3O. The first-order valence-electron chi connectivity index (χ1n) is 8.91. The smallest absolute Gasteiger partial charge is 0.255 e. The Hall–Kier alpha value is -2.82. The summed E-state index contributed by atoms with van der Waals surface area (Å²) in [6, 6.07) is 10.2. The molecule has 1 saturated heterocycles. The standard InChI is InChI=1S/C21H20FN3O/c1-14-11-18(17-8-7-16(22)12-19(17)24-14)21(26)25-10-3-2-6-20(25)15-5-4-9-23-13-15/h4-5,7-9,11-13,20H,2-3,6,10H2,1H3/t20-/m1/s1. The lowest BCUT2D eigenvalue weighted by Crippen LogP contribution is -2.38. The lowest BCUT2D eigenvalue weighted by molar-refractivity contribution is 0.0613. The Balaban J connectivity index is 1.78. The van der Waals surface area contributed by atoms with Gasteiger partial charge < -0.3 is 4.90 Å². The molecule has 3 aromatic rings. The van der Waals surface area contributed by atoms with Crippen LogP contribution in [0.25, 0.3) is 10.9 Å². The van der Waals surface area contributed by atoms with Crippen molar-refractivity contribution in [3.8, 4) is 0 Å². The Morgan fingerprint density at radius 1 is 1.23 bits per heavy atom. The molecule has 4 rings (SSSR count). The predicted octanol–water partition coefficient (Wildman–Crippen LogP) is 4.44. The zero-order chi connectivity index (χ0) is 18.1. The summed E-state index contributed by atoms with van der Waals surface area (Å²) in [6.45, 7) is 2.54. The number of carbonyl (C=O) groups is 1. The molecule has 1 aromatic carbocycles. The molecule has 0 aliphatic carbocycles. The quantitative estimate of drug-likeness (QED) is 0.687. The first-order chi connectivity index (χ1) is 12.6. The fraction of sp³-hybridized carbons (Fsp3) is 0.286. The number of nitrogens with zero attached hydrogens (tertiary/aromatic N) is 3. The molecule has 5 heteroatoms. The van der Waals surface area contributed by atoms with Crippen LogP contribution in [0.3, 0.4) is 0 Å². The molecular weight excluding hydrogens is 329 g/mol. The minimum Gasteiger partial charge on any atom is -0.332 e. The number of fused-ring (bicyclic) bond motifs is 1. The summed E-state index contributed by atoms with van der Waals surface area (Å²) in [5.74, 6) is -0.374. The van der Waals surface area contributed by atoms with Crippen LogP contribution in [-0.2, 0) is 0 Å². The summed E-state index contributed by atoms with van der Waals surface area (Å²) in [6.07, 6.45) is 6.58. The summed E-state index contributed by atoms with van der Waals surface area (Å²) in [5, 5.41) is 0.692. The Morgan fingerprint density at radius 2 is 2.12 bits per heavy atom. The Labute approximate surface area is 151 Å². The number of rotatable bonds is 2. The van der Waals surface area contributed by atoms with Crippen LogP contribution in [-0.4, -0.2) is 27.3 Å². The number of hydrogen-bond acceptors (Lipinski definition) is 3. The van der Waals surface area contributed by atoms with Crippen molar-refractivity contribution < 1.29 is 9.18 Å². The maximum absolute atomic E-state index is 13.6. The first-order valence-corrected chi connectivity index (χ1v) is 8.91. The molecule has 1 atom stereocenters. The topological polar surface area (TPSA) is 46.1 Å². The van der Waals surface area contributed by atoms with E-state index in [1.165, 1.54) is 12.1 Å². The average molecular weight is 349 g/mol. The van der Waals surface area contributed by atoms with Crippen molar-refractivity contribution in [2.45, 2.75) is 32.2 Å². The molecule has 1 aliphatic rings. The molecule has 1 fully saturated rings. The third kappa shape index (κ3) is 3.05. The van der Waals surface area contributed by atoms with Crippen molar-refractivity contribution in [1.29, 1.82) is 0 Å². The lowest BCUT2D eigenvalue weighted by Gasteiger charge is -2.36. The predicted molar refractivity (Wildman–Crippen MR) is 98.3 cm³/mol. The van der Waals surface area contributed by atoms with E-state index < -0.39 is 0 Å². The van der Waals surface area contributed by atoms with Crippen LogP contribution in [0.4, 0.5) is 4.39 Å². The van der Waals surface area contributed by atoms with Gasteiger partial charge in [0, 0.05) is 36.1 Å². The summed E-state index contributed by atoms with van der Waals surface area (Å²) in [7, 11) is 0. The van der Waals surface area contributed by atoms with Crippen LogP contribution < -0.4 is 0 Å². The van der Waals surface area contributed by atoms with Crippen LogP contribution in [0, 0.1) is 12.7 Å². The van der Waals surface area contributed by atoms with Gasteiger partial charge in [0.25, 0.3) is 5.91 Å². The van der Waals surface area contributed by atoms with E-state index in [1.807, 2.05) is 30.2 Å². The van der Waals surface area contributed by atoms with Crippen molar-refractivity contribution in [3.63, 3.8) is 0 Å². The third-order valence-corrected chi connectivity index (χ3v) is 4.96. The van der Waals surface area contributed by atoms with Crippen LogP contribution >= 0.6 is 0 Å². The second kappa shape index (κ2) is 6.83. The van der Waals surface area contributed by atoms with Crippen molar-refractivity contribution in [1.82, 2.24) is 14.9 Å². The number of aryl methyl sites for hydroxylation is 1. The van der Waals surface area contributed by atoms with Gasteiger partial charge in [-0.25, -0.2) is 4.39 Å². The van der Waals surface area contributed by atoms with E-state index in [1.54, 1.807) is 18.3 Å². The number of amides is 1. The largest absolute Gasteiger partial charge is 0.332 e. The van der Waals surface area contributed by atoms with Crippen molar-refractivity contribution in [2.75, 3.05) is 6.54 Å². The maximum Gasteiger partial charge on any atom is 0.255 e. The van der Waals surface area contributed by atoms with Crippen LogP contribution in [0.2, 0.25) is 0 Å². The van der Waals surface area contributed by atoms with E-state index >= 15 is 0 Å². The fourth-order valence-electron chi connectivity index (χ4n) is 3.76. The van der Waals surface area contributed by atoms with Gasteiger partial charge in [0.2, 0.25) is 0 Å². The maximum atomic E-state index is 13.6. The van der Waals surface area contributed by atoms with Gasteiger partial charge in [-0.15, -0.1) is 0 Å². The van der Waals surface area contributed by atoms with Gasteiger partial charge in [0.15, 0.2) is 0 Å². The van der Waals surface area contributed by atoms with Gasteiger partial charge >= 0.3 is 0 Å². The molecule has 4 nitrogen and oxygen atoms in total. The van der Waals surface area contributed by atoms with Crippen molar-refractivity contribution >= 4 is 16.8 Å².